The molecule has 1 nitrogen and oxygen atoms in total. The first-order valence-corrected chi connectivity index (χ1v) is 8.74. The zero-order chi connectivity index (χ0) is 13.8. The Kier molecular flexibility index (Phi) is 5.63. The summed E-state index contributed by atoms with van der Waals surface area (Å²) in [5.74, 6) is 0. The molecule has 2 aromatic rings. The van der Waals surface area contributed by atoms with Crippen molar-refractivity contribution in [3.8, 4) is 0 Å². The maximum atomic E-state index is 3.60. The van der Waals surface area contributed by atoms with Gasteiger partial charge in [0.05, 0.1) is 3.79 Å². The van der Waals surface area contributed by atoms with Crippen LogP contribution >= 0.6 is 43.2 Å². The van der Waals surface area contributed by atoms with E-state index in [0.29, 0.717) is 6.04 Å². The van der Waals surface area contributed by atoms with Gasteiger partial charge in [0, 0.05) is 21.8 Å². The number of likely N-dealkylation sites (N-methyl/N-ethyl adjacent to an activating group) is 1. The van der Waals surface area contributed by atoms with Crippen LogP contribution in [0.4, 0.5) is 0 Å². The predicted octanol–water partition coefficient (Wildman–Crippen LogP) is 5.47. The SMILES string of the molecule is CCNC(Cc1ccc(Br)s1)c1cc(Br)ccc1C. The Morgan fingerprint density at radius 1 is 1.21 bits per heavy atom. The van der Waals surface area contributed by atoms with Gasteiger partial charge < -0.3 is 5.32 Å². The van der Waals surface area contributed by atoms with Crippen molar-refractivity contribution >= 4 is 43.2 Å². The van der Waals surface area contributed by atoms with Gasteiger partial charge in [-0.15, -0.1) is 11.3 Å². The van der Waals surface area contributed by atoms with Crippen LogP contribution in [-0.2, 0) is 6.42 Å². The van der Waals surface area contributed by atoms with Crippen molar-refractivity contribution in [3.05, 3.63) is 54.6 Å². The molecule has 0 saturated carbocycles. The molecule has 0 spiro atoms. The summed E-state index contributed by atoms with van der Waals surface area (Å²) in [4.78, 5) is 1.40. The highest BCUT2D eigenvalue weighted by Gasteiger charge is 2.15. The highest BCUT2D eigenvalue weighted by atomic mass is 79.9. The number of rotatable bonds is 5. The number of hydrogen-bond donors (Lipinski definition) is 1. The topological polar surface area (TPSA) is 12.0 Å². The molecular formula is C15H17Br2NS. The molecule has 1 atom stereocenters. The molecule has 1 aromatic carbocycles. The van der Waals surface area contributed by atoms with E-state index in [2.05, 4.69) is 81.4 Å². The van der Waals surface area contributed by atoms with Crippen LogP contribution in [0.15, 0.2) is 38.6 Å². The summed E-state index contributed by atoms with van der Waals surface area (Å²) in [5.41, 5.74) is 2.71. The van der Waals surface area contributed by atoms with Gasteiger partial charge in [0.15, 0.2) is 0 Å². The second-order valence-electron chi connectivity index (χ2n) is 4.52. The third-order valence-electron chi connectivity index (χ3n) is 3.10. The number of hydrogen-bond acceptors (Lipinski definition) is 2. The monoisotopic (exact) mass is 401 g/mol. The number of aryl methyl sites for hydroxylation is 1. The summed E-state index contributed by atoms with van der Waals surface area (Å²) in [7, 11) is 0. The molecule has 1 aromatic heterocycles. The van der Waals surface area contributed by atoms with E-state index >= 15 is 0 Å². The van der Waals surface area contributed by atoms with Crippen LogP contribution in [0.2, 0.25) is 0 Å². The van der Waals surface area contributed by atoms with Crippen LogP contribution in [-0.4, -0.2) is 6.54 Å². The molecule has 0 bridgehead atoms. The average Bonchev–Trinajstić information content (AvgIpc) is 2.77. The predicted molar refractivity (Wildman–Crippen MR) is 91.0 cm³/mol. The second-order valence-corrected chi connectivity index (χ2v) is 7.98. The van der Waals surface area contributed by atoms with Gasteiger partial charge in [-0.05, 0) is 64.8 Å². The summed E-state index contributed by atoms with van der Waals surface area (Å²) >= 11 is 8.92. The van der Waals surface area contributed by atoms with Crippen molar-refractivity contribution in [3.63, 3.8) is 0 Å². The third kappa shape index (κ3) is 4.15. The average molecular weight is 403 g/mol. The van der Waals surface area contributed by atoms with Crippen molar-refractivity contribution in [2.24, 2.45) is 0 Å². The molecular weight excluding hydrogens is 386 g/mol. The van der Waals surface area contributed by atoms with Crippen molar-refractivity contribution < 1.29 is 0 Å². The van der Waals surface area contributed by atoms with Gasteiger partial charge in [-0.3, -0.25) is 0 Å². The number of benzene rings is 1. The highest BCUT2D eigenvalue weighted by Crippen LogP contribution is 2.29. The molecule has 2 rings (SSSR count). The largest absolute Gasteiger partial charge is 0.310 e. The number of thiophene rings is 1. The minimum Gasteiger partial charge on any atom is -0.310 e. The molecule has 102 valence electrons. The summed E-state index contributed by atoms with van der Waals surface area (Å²) in [6, 6.07) is 11.2. The van der Waals surface area contributed by atoms with E-state index in [0.717, 1.165) is 17.4 Å². The Morgan fingerprint density at radius 2 is 2.00 bits per heavy atom. The van der Waals surface area contributed by atoms with Crippen molar-refractivity contribution in [2.45, 2.75) is 26.3 Å². The molecule has 19 heavy (non-hydrogen) atoms. The molecule has 0 fully saturated rings. The Bertz CT molecular complexity index is 551. The molecule has 1 N–H and O–H groups in total. The summed E-state index contributed by atoms with van der Waals surface area (Å²) < 4.78 is 2.34. The van der Waals surface area contributed by atoms with E-state index in [1.807, 2.05) is 11.3 Å². The van der Waals surface area contributed by atoms with Crippen LogP contribution in [0.25, 0.3) is 0 Å². The Hall–Kier alpha value is -0.160. The summed E-state index contributed by atoms with van der Waals surface area (Å²) in [6.45, 7) is 5.31. The first-order valence-electron chi connectivity index (χ1n) is 6.33. The van der Waals surface area contributed by atoms with E-state index in [9.17, 15) is 0 Å². The van der Waals surface area contributed by atoms with Gasteiger partial charge in [-0.1, -0.05) is 28.9 Å². The minimum atomic E-state index is 0.369. The smallest absolute Gasteiger partial charge is 0.0701 e. The lowest BCUT2D eigenvalue weighted by molar-refractivity contribution is 0.550. The van der Waals surface area contributed by atoms with E-state index in [4.69, 9.17) is 0 Å². The molecule has 1 heterocycles. The van der Waals surface area contributed by atoms with Gasteiger partial charge in [-0.2, -0.15) is 0 Å². The van der Waals surface area contributed by atoms with Crippen molar-refractivity contribution in [1.82, 2.24) is 5.32 Å². The van der Waals surface area contributed by atoms with Crippen molar-refractivity contribution in [2.75, 3.05) is 6.54 Å². The molecule has 4 heteroatoms. The number of nitrogens with one attached hydrogen (secondary N) is 1. The van der Waals surface area contributed by atoms with Gasteiger partial charge in [0.2, 0.25) is 0 Å². The van der Waals surface area contributed by atoms with Crippen LogP contribution in [0.5, 0.6) is 0 Å². The quantitative estimate of drug-likeness (QED) is 0.698. The lowest BCUT2D eigenvalue weighted by Crippen LogP contribution is -2.23. The Balaban J connectivity index is 2.26. The molecule has 0 amide bonds. The number of halogens is 2. The summed E-state index contributed by atoms with van der Waals surface area (Å²) in [5, 5.41) is 3.60. The van der Waals surface area contributed by atoms with E-state index in [-0.39, 0.29) is 0 Å². The molecule has 0 radical (unpaired) electrons. The fourth-order valence-corrected chi connectivity index (χ4v) is 4.10. The maximum Gasteiger partial charge on any atom is 0.0701 e. The van der Waals surface area contributed by atoms with Gasteiger partial charge in [-0.25, -0.2) is 0 Å². The molecule has 1 unspecified atom stereocenters. The zero-order valence-electron chi connectivity index (χ0n) is 11.0. The summed E-state index contributed by atoms with van der Waals surface area (Å²) in [6.07, 6.45) is 1.03. The molecule has 0 aliphatic heterocycles. The first-order chi connectivity index (χ1) is 9.10. The molecule has 0 aliphatic carbocycles. The van der Waals surface area contributed by atoms with Crippen molar-refractivity contribution in [1.29, 1.82) is 0 Å². The maximum absolute atomic E-state index is 3.60. The van der Waals surface area contributed by atoms with E-state index in [1.54, 1.807) is 0 Å². The Labute approximate surface area is 135 Å². The fourth-order valence-electron chi connectivity index (χ4n) is 2.19. The fraction of sp³-hybridized carbons (Fsp3) is 0.333. The molecule has 0 aliphatic rings. The highest BCUT2D eigenvalue weighted by molar-refractivity contribution is 9.11. The lowest BCUT2D eigenvalue weighted by Gasteiger charge is -2.20. The van der Waals surface area contributed by atoms with Crippen LogP contribution < -0.4 is 5.32 Å². The van der Waals surface area contributed by atoms with Gasteiger partial charge in [0.25, 0.3) is 0 Å². The van der Waals surface area contributed by atoms with Crippen LogP contribution in [0, 0.1) is 6.92 Å². The standard InChI is InChI=1S/C15H17Br2NS/c1-3-18-14(9-12-6-7-15(17)19-12)13-8-11(16)5-4-10(13)2/h4-8,14,18H,3,9H2,1-2H3. The minimum absolute atomic E-state index is 0.369. The first kappa shape index (κ1) is 15.2. The second kappa shape index (κ2) is 7.02. The Morgan fingerprint density at radius 3 is 2.63 bits per heavy atom. The van der Waals surface area contributed by atoms with Gasteiger partial charge in [0.1, 0.15) is 0 Å². The van der Waals surface area contributed by atoms with Gasteiger partial charge >= 0.3 is 0 Å². The third-order valence-corrected chi connectivity index (χ3v) is 5.24. The zero-order valence-corrected chi connectivity index (χ0v) is 15.0. The normalized spacial score (nSPS) is 12.6. The van der Waals surface area contributed by atoms with E-state index < -0.39 is 0 Å². The lowest BCUT2D eigenvalue weighted by atomic mass is 9.98. The van der Waals surface area contributed by atoms with Crippen LogP contribution in [0.1, 0.15) is 29.0 Å². The molecule has 0 saturated heterocycles. The van der Waals surface area contributed by atoms with Crippen LogP contribution in [0.3, 0.4) is 0 Å². The van der Waals surface area contributed by atoms with E-state index in [1.165, 1.54) is 19.8 Å².